The summed E-state index contributed by atoms with van der Waals surface area (Å²) in [4.78, 5) is 9.83. The molecule has 3 rings (SSSR count). The van der Waals surface area contributed by atoms with E-state index < -0.39 is 36.6 Å². The van der Waals surface area contributed by atoms with Gasteiger partial charge in [-0.1, -0.05) is 6.07 Å². The highest BCUT2D eigenvalue weighted by Gasteiger charge is 2.33. The molecule has 0 radical (unpaired) electrons. The van der Waals surface area contributed by atoms with Crippen molar-refractivity contribution >= 4 is 36.9 Å². The first-order valence-corrected chi connectivity index (χ1v) is 11.7. The number of benzene rings is 1. The lowest BCUT2D eigenvalue weighted by molar-refractivity contribution is -0.384. The van der Waals surface area contributed by atoms with Crippen molar-refractivity contribution in [3.63, 3.8) is 0 Å². The summed E-state index contributed by atoms with van der Waals surface area (Å²) in [6, 6.07) is 10.2. The van der Waals surface area contributed by atoms with Crippen LogP contribution in [-0.4, -0.2) is 28.3 Å². The molecule has 0 saturated carbocycles. The van der Waals surface area contributed by atoms with E-state index >= 15 is 0 Å². The molecule has 0 aliphatic rings. The molecule has 1 aromatic carbocycles. The summed E-state index contributed by atoms with van der Waals surface area (Å²) in [5, 5.41) is 11.0. The molecule has 148 valence electrons. The first kappa shape index (κ1) is 20.2. The lowest BCUT2D eigenvalue weighted by Gasteiger charge is -2.15. The number of sulfone groups is 1. The van der Waals surface area contributed by atoms with E-state index in [-0.39, 0.29) is 20.6 Å². The average Bonchev–Trinajstić information content (AvgIpc) is 3.36. The van der Waals surface area contributed by atoms with Gasteiger partial charge >= 0.3 is 0 Å². The summed E-state index contributed by atoms with van der Waals surface area (Å²) in [7, 11) is -7.99. The average molecular weight is 442 g/mol. The third-order valence-corrected chi connectivity index (χ3v) is 8.76. The number of nitro benzene ring substituents is 1. The van der Waals surface area contributed by atoms with Crippen molar-refractivity contribution in [1.82, 2.24) is 4.72 Å². The molecule has 0 aliphatic carbocycles. The highest BCUT2D eigenvalue weighted by atomic mass is 32.2. The molecule has 1 N–H and O–H groups in total. The van der Waals surface area contributed by atoms with Crippen molar-refractivity contribution in [2.45, 2.75) is 14.4 Å². The van der Waals surface area contributed by atoms with Gasteiger partial charge in [0.1, 0.15) is 15.2 Å². The number of hydrogen-bond donors (Lipinski definition) is 1. The van der Waals surface area contributed by atoms with E-state index in [1.165, 1.54) is 24.5 Å². The monoisotopic (exact) mass is 442 g/mol. The van der Waals surface area contributed by atoms with Crippen LogP contribution < -0.4 is 4.72 Å². The van der Waals surface area contributed by atoms with Crippen molar-refractivity contribution in [3.8, 4) is 0 Å². The predicted molar refractivity (Wildman–Crippen MR) is 101 cm³/mol. The van der Waals surface area contributed by atoms with Gasteiger partial charge in [0, 0.05) is 18.7 Å². The first-order valence-electron chi connectivity index (χ1n) is 7.77. The summed E-state index contributed by atoms with van der Waals surface area (Å²) in [6.45, 7) is -0.465. The number of rotatable bonds is 8. The quantitative estimate of drug-likeness (QED) is 0.418. The number of nitro groups is 1. The lowest BCUT2D eigenvalue weighted by atomic mass is 10.3. The van der Waals surface area contributed by atoms with Crippen LogP contribution in [0.4, 0.5) is 5.69 Å². The van der Waals surface area contributed by atoms with Gasteiger partial charge in [-0.2, -0.15) is 0 Å². The summed E-state index contributed by atoms with van der Waals surface area (Å²) < 4.78 is 58.3. The minimum absolute atomic E-state index is 0.0865. The van der Waals surface area contributed by atoms with Crippen molar-refractivity contribution in [2.24, 2.45) is 0 Å². The molecular formula is C16H14N2O7S3. The van der Waals surface area contributed by atoms with Crippen LogP contribution in [0, 0.1) is 10.1 Å². The zero-order valence-corrected chi connectivity index (χ0v) is 16.5. The Kier molecular flexibility index (Phi) is 5.65. The topological polar surface area (TPSA) is 137 Å². The molecule has 12 heteroatoms. The van der Waals surface area contributed by atoms with E-state index in [9.17, 15) is 26.9 Å². The number of nitrogens with one attached hydrogen (secondary N) is 1. The van der Waals surface area contributed by atoms with Crippen LogP contribution >= 0.6 is 11.3 Å². The van der Waals surface area contributed by atoms with Crippen LogP contribution in [0.25, 0.3) is 0 Å². The second-order valence-corrected chi connectivity index (χ2v) is 10.7. The molecule has 28 heavy (non-hydrogen) atoms. The standard InChI is InChI=1S/C16H14N2O7S3/c19-18(20)12-5-7-13(8-6-12)28(23,24)17-11-15(14-3-1-9-25-14)27(21,22)16-4-2-10-26-16/h1-10,15,17H,11H2. The van der Waals surface area contributed by atoms with Crippen LogP contribution in [0.2, 0.25) is 0 Å². The van der Waals surface area contributed by atoms with Crippen LogP contribution in [0.3, 0.4) is 0 Å². The predicted octanol–water partition coefficient (Wildman–Crippen LogP) is 2.74. The third-order valence-electron chi connectivity index (χ3n) is 3.83. The van der Waals surface area contributed by atoms with Crippen LogP contribution in [0.15, 0.2) is 73.7 Å². The molecule has 0 saturated heterocycles. The second kappa shape index (κ2) is 7.83. The summed E-state index contributed by atoms with van der Waals surface area (Å²) >= 11 is 1.02. The first-order chi connectivity index (χ1) is 13.2. The zero-order valence-electron chi connectivity index (χ0n) is 14.1. The van der Waals surface area contributed by atoms with Crippen molar-refractivity contribution in [1.29, 1.82) is 0 Å². The summed E-state index contributed by atoms with van der Waals surface area (Å²) in [5.41, 5.74) is -0.257. The Morgan fingerprint density at radius 3 is 2.32 bits per heavy atom. The molecule has 3 aromatic rings. The SMILES string of the molecule is O=[N+]([O-])c1ccc(S(=O)(=O)NCC(c2ccco2)S(=O)(=O)c2cccs2)cc1. The van der Waals surface area contributed by atoms with E-state index in [0.717, 1.165) is 35.6 Å². The number of non-ortho nitro benzene ring substituents is 1. The number of nitrogens with zero attached hydrogens (tertiary/aromatic N) is 1. The molecule has 2 aromatic heterocycles. The number of thiophene rings is 1. The maximum absolute atomic E-state index is 12.9. The van der Waals surface area contributed by atoms with Gasteiger partial charge in [0.05, 0.1) is 16.1 Å². The summed E-state index contributed by atoms with van der Waals surface area (Å²) in [5.74, 6) is 0.0970. The Hall–Kier alpha value is -2.54. The van der Waals surface area contributed by atoms with Crippen molar-refractivity contribution < 1.29 is 26.2 Å². The Labute approximate surface area is 164 Å². The minimum atomic E-state index is -4.09. The molecule has 0 fully saturated rings. The maximum Gasteiger partial charge on any atom is 0.269 e. The largest absolute Gasteiger partial charge is 0.468 e. The number of sulfonamides is 1. The van der Waals surface area contributed by atoms with Gasteiger partial charge in [-0.25, -0.2) is 21.6 Å². The molecule has 0 bridgehead atoms. The normalized spacial score (nSPS) is 13.3. The fraction of sp³-hybridized carbons (Fsp3) is 0.125. The minimum Gasteiger partial charge on any atom is -0.468 e. The van der Waals surface area contributed by atoms with E-state index in [1.54, 1.807) is 11.4 Å². The van der Waals surface area contributed by atoms with Gasteiger partial charge in [-0.3, -0.25) is 10.1 Å². The van der Waals surface area contributed by atoms with Gasteiger partial charge in [-0.05, 0) is 35.7 Å². The fourth-order valence-electron chi connectivity index (χ4n) is 2.42. The Morgan fingerprint density at radius 1 is 1.07 bits per heavy atom. The van der Waals surface area contributed by atoms with Crippen LogP contribution in [0.5, 0.6) is 0 Å². The van der Waals surface area contributed by atoms with E-state index in [0.29, 0.717) is 0 Å². The zero-order chi connectivity index (χ0) is 20.4. The lowest BCUT2D eigenvalue weighted by Crippen LogP contribution is -2.31. The van der Waals surface area contributed by atoms with Gasteiger partial charge in [0.15, 0.2) is 9.84 Å². The van der Waals surface area contributed by atoms with Gasteiger partial charge in [0.25, 0.3) is 5.69 Å². The molecule has 1 unspecified atom stereocenters. The Bertz CT molecular complexity index is 1150. The molecule has 2 heterocycles. The smallest absolute Gasteiger partial charge is 0.269 e. The Balaban J connectivity index is 1.87. The highest BCUT2D eigenvalue weighted by Crippen LogP contribution is 2.31. The molecule has 1 atom stereocenters. The summed E-state index contributed by atoms with van der Waals surface area (Å²) in [6.07, 6.45) is 1.30. The molecule has 0 amide bonds. The second-order valence-electron chi connectivity index (χ2n) is 5.58. The highest BCUT2D eigenvalue weighted by molar-refractivity contribution is 7.93. The van der Waals surface area contributed by atoms with Crippen molar-refractivity contribution in [3.05, 3.63) is 76.0 Å². The van der Waals surface area contributed by atoms with E-state index in [4.69, 9.17) is 4.42 Å². The molecule has 0 aliphatic heterocycles. The van der Waals surface area contributed by atoms with Gasteiger partial charge in [0.2, 0.25) is 10.0 Å². The molecule has 9 nitrogen and oxygen atoms in total. The Morgan fingerprint density at radius 2 is 1.79 bits per heavy atom. The van der Waals surface area contributed by atoms with Gasteiger partial charge in [-0.15, -0.1) is 11.3 Å². The van der Waals surface area contributed by atoms with E-state index in [2.05, 4.69) is 4.72 Å². The molecule has 0 spiro atoms. The third kappa shape index (κ3) is 4.14. The fourth-order valence-corrected chi connectivity index (χ4v) is 6.36. The maximum atomic E-state index is 12.9. The van der Waals surface area contributed by atoms with Crippen LogP contribution in [-0.2, 0) is 19.9 Å². The van der Waals surface area contributed by atoms with Crippen molar-refractivity contribution in [2.75, 3.05) is 6.54 Å². The number of hydrogen-bond acceptors (Lipinski definition) is 8. The van der Waals surface area contributed by atoms with Crippen LogP contribution in [0.1, 0.15) is 11.0 Å². The van der Waals surface area contributed by atoms with Gasteiger partial charge < -0.3 is 4.42 Å². The number of furan rings is 1. The molecular weight excluding hydrogens is 428 g/mol. The van der Waals surface area contributed by atoms with E-state index in [1.807, 2.05) is 0 Å².